The van der Waals surface area contributed by atoms with Gasteiger partial charge in [-0.2, -0.15) is 0 Å². The van der Waals surface area contributed by atoms with Crippen molar-refractivity contribution in [2.75, 3.05) is 26.8 Å². The number of ether oxygens (including phenoxy) is 3. The van der Waals surface area contributed by atoms with Gasteiger partial charge in [0.25, 0.3) is 5.56 Å². The Labute approximate surface area is 179 Å². The molecule has 158 valence electrons. The molecule has 0 aliphatic heterocycles. The van der Waals surface area contributed by atoms with Crippen LogP contribution in [0.5, 0.6) is 17.2 Å². The van der Waals surface area contributed by atoms with E-state index in [0.29, 0.717) is 46.1 Å². The highest BCUT2D eigenvalue weighted by Crippen LogP contribution is 2.40. The Morgan fingerprint density at radius 2 is 1.52 bits per heavy atom. The summed E-state index contributed by atoms with van der Waals surface area (Å²) in [6.07, 6.45) is 0. The van der Waals surface area contributed by atoms with E-state index in [9.17, 15) is 4.79 Å². The number of rotatable bonds is 7. The molecule has 3 aromatic carbocycles. The van der Waals surface area contributed by atoms with Crippen molar-refractivity contribution in [3.05, 3.63) is 82.6 Å². The average Bonchev–Trinajstić information content (AvgIpc) is 2.83. The zero-order chi connectivity index (χ0) is 21.8. The molecular formula is C24H23N3O4. The van der Waals surface area contributed by atoms with Gasteiger partial charge in [0.2, 0.25) is 5.75 Å². The standard InChI is InChI=1S/C24H23N3O4/c1-29-20-13-17(14-21(30-2)22(20)31-3)23-26-19-12-8-7-11-18(19)24(28)27(23)25-15-16-9-5-4-6-10-16/h4-14,25H,15H2,1-3H3. The zero-order valence-corrected chi connectivity index (χ0v) is 17.6. The van der Waals surface area contributed by atoms with Gasteiger partial charge in [-0.3, -0.25) is 4.79 Å². The van der Waals surface area contributed by atoms with Crippen LogP contribution in [0.1, 0.15) is 5.56 Å². The summed E-state index contributed by atoms with van der Waals surface area (Å²) < 4.78 is 17.9. The van der Waals surface area contributed by atoms with Crippen molar-refractivity contribution in [3.63, 3.8) is 0 Å². The average molecular weight is 417 g/mol. The number of benzene rings is 3. The number of aromatic nitrogens is 2. The predicted molar refractivity (Wildman–Crippen MR) is 121 cm³/mol. The van der Waals surface area contributed by atoms with E-state index in [-0.39, 0.29) is 5.56 Å². The van der Waals surface area contributed by atoms with Crippen molar-refractivity contribution < 1.29 is 14.2 Å². The fourth-order valence-electron chi connectivity index (χ4n) is 3.45. The van der Waals surface area contributed by atoms with Gasteiger partial charge < -0.3 is 19.6 Å². The molecule has 1 heterocycles. The molecule has 1 N–H and O–H groups in total. The van der Waals surface area contributed by atoms with Gasteiger partial charge in [0, 0.05) is 5.56 Å². The van der Waals surface area contributed by atoms with Crippen LogP contribution in [0.2, 0.25) is 0 Å². The Morgan fingerprint density at radius 1 is 0.871 bits per heavy atom. The smallest absolute Gasteiger partial charge is 0.280 e. The SMILES string of the molecule is COc1cc(-c2nc3ccccc3c(=O)n2NCc2ccccc2)cc(OC)c1OC. The molecule has 0 saturated heterocycles. The zero-order valence-electron chi connectivity index (χ0n) is 17.6. The van der Waals surface area contributed by atoms with Crippen LogP contribution < -0.4 is 25.2 Å². The second kappa shape index (κ2) is 8.79. The van der Waals surface area contributed by atoms with E-state index in [0.717, 1.165) is 5.56 Å². The van der Waals surface area contributed by atoms with Gasteiger partial charge in [-0.25, -0.2) is 9.66 Å². The summed E-state index contributed by atoms with van der Waals surface area (Å²) in [6, 6.07) is 20.7. The molecular weight excluding hydrogens is 394 g/mol. The van der Waals surface area contributed by atoms with Crippen molar-refractivity contribution in [2.45, 2.75) is 6.54 Å². The third-order valence-corrected chi connectivity index (χ3v) is 4.98. The topological polar surface area (TPSA) is 74.6 Å². The number of nitrogens with one attached hydrogen (secondary N) is 1. The molecule has 31 heavy (non-hydrogen) atoms. The van der Waals surface area contributed by atoms with Gasteiger partial charge in [-0.1, -0.05) is 42.5 Å². The summed E-state index contributed by atoms with van der Waals surface area (Å²) in [5, 5.41) is 0.527. The molecule has 0 atom stereocenters. The Hall–Kier alpha value is -4.00. The first kappa shape index (κ1) is 20.3. The van der Waals surface area contributed by atoms with Gasteiger partial charge in [-0.15, -0.1) is 0 Å². The lowest BCUT2D eigenvalue weighted by atomic mass is 10.1. The molecule has 1 aromatic heterocycles. The Balaban J connectivity index is 1.91. The lowest BCUT2D eigenvalue weighted by Crippen LogP contribution is -2.31. The maximum atomic E-state index is 13.3. The minimum atomic E-state index is -0.190. The first-order chi connectivity index (χ1) is 15.2. The molecule has 0 fully saturated rings. The van der Waals surface area contributed by atoms with Crippen LogP contribution in [0.25, 0.3) is 22.3 Å². The summed E-state index contributed by atoms with van der Waals surface area (Å²) in [5.41, 5.74) is 5.33. The molecule has 4 rings (SSSR count). The molecule has 7 heteroatoms. The van der Waals surface area contributed by atoms with Crippen molar-refractivity contribution >= 4 is 10.9 Å². The highest BCUT2D eigenvalue weighted by molar-refractivity contribution is 5.80. The lowest BCUT2D eigenvalue weighted by Gasteiger charge is -2.18. The summed E-state index contributed by atoms with van der Waals surface area (Å²) in [6.45, 7) is 0.457. The second-order valence-electron chi connectivity index (χ2n) is 6.83. The predicted octanol–water partition coefficient (Wildman–Crippen LogP) is 3.83. The molecule has 0 radical (unpaired) electrons. The summed E-state index contributed by atoms with van der Waals surface area (Å²) in [5.74, 6) is 1.88. The summed E-state index contributed by atoms with van der Waals surface area (Å²) >= 11 is 0. The van der Waals surface area contributed by atoms with Crippen LogP contribution in [-0.4, -0.2) is 31.0 Å². The van der Waals surface area contributed by atoms with E-state index in [4.69, 9.17) is 19.2 Å². The number of methoxy groups -OCH3 is 3. The molecule has 0 aliphatic carbocycles. The van der Waals surface area contributed by atoms with Crippen LogP contribution in [0.4, 0.5) is 0 Å². The van der Waals surface area contributed by atoms with E-state index in [2.05, 4.69) is 5.43 Å². The molecule has 0 saturated carbocycles. The van der Waals surface area contributed by atoms with Gasteiger partial charge in [0.15, 0.2) is 17.3 Å². The maximum Gasteiger partial charge on any atom is 0.280 e. The number of para-hydroxylation sites is 1. The van der Waals surface area contributed by atoms with Crippen LogP contribution >= 0.6 is 0 Å². The largest absolute Gasteiger partial charge is 0.493 e. The van der Waals surface area contributed by atoms with Crippen LogP contribution in [0, 0.1) is 0 Å². The quantitative estimate of drug-likeness (QED) is 0.493. The monoisotopic (exact) mass is 417 g/mol. The minimum Gasteiger partial charge on any atom is -0.493 e. The first-order valence-electron chi connectivity index (χ1n) is 9.76. The molecule has 0 unspecified atom stereocenters. The highest BCUT2D eigenvalue weighted by Gasteiger charge is 2.19. The summed E-state index contributed by atoms with van der Waals surface area (Å²) in [7, 11) is 4.65. The number of hydrogen-bond acceptors (Lipinski definition) is 6. The maximum absolute atomic E-state index is 13.3. The third kappa shape index (κ3) is 3.90. The van der Waals surface area contributed by atoms with E-state index in [1.807, 2.05) is 48.5 Å². The fourth-order valence-corrected chi connectivity index (χ4v) is 3.45. The molecule has 0 bridgehead atoms. The molecule has 0 spiro atoms. The van der Waals surface area contributed by atoms with Crippen molar-refractivity contribution in [1.82, 2.24) is 9.66 Å². The van der Waals surface area contributed by atoms with E-state index >= 15 is 0 Å². The summed E-state index contributed by atoms with van der Waals surface area (Å²) in [4.78, 5) is 18.1. The Kier molecular flexibility index (Phi) is 5.75. The minimum absolute atomic E-state index is 0.190. The Morgan fingerprint density at radius 3 is 2.16 bits per heavy atom. The normalized spacial score (nSPS) is 10.7. The van der Waals surface area contributed by atoms with Crippen LogP contribution in [0.3, 0.4) is 0 Å². The van der Waals surface area contributed by atoms with E-state index in [1.54, 1.807) is 39.5 Å². The van der Waals surface area contributed by atoms with Crippen LogP contribution in [0.15, 0.2) is 71.5 Å². The molecule has 0 aliphatic rings. The number of hydrogen-bond donors (Lipinski definition) is 1. The first-order valence-corrected chi connectivity index (χ1v) is 9.76. The van der Waals surface area contributed by atoms with Gasteiger partial charge in [0.05, 0.1) is 38.8 Å². The molecule has 0 amide bonds. The van der Waals surface area contributed by atoms with Crippen molar-refractivity contribution in [1.29, 1.82) is 0 Å². The van der Waals surface area contributed by atoms with Gasteiger partial charge in [-0.05, 0) is 29.8 Å². The Bertz CT molecular complexity index is 1240. The lowest BCUT2D eigenvalue weighted by molar-refractivity contribution is 0.324. The van der Waals surface area contributed by atoms with Crippen LogP contribution in [-0.2, 0) is 6.54 Å². The van der Waals surface area contributed by atoms with Crippen molar-refractivity contribution in [3.8, 4) is 28.6 Å². The highest BCUT2D eigenvalue weighted by atomic mass is 16.5. The number of nitrogens with zero attached hydrogens (tertiary/aromatic N) is 2. The van der Waals surface area contributed by atoms with Gasteiger partial charge >= 0.3 is 0 Å². The van der Waals surface area contributed by atoms with Crippen molar-refractivity contribution in [2.24, 2.45) is 0 Å². The van der Waals surface area contributed by atoms with E-state index in [1.165, 1.54) is 4.68 Å². The second-order valence-corrected chi connectivity index (χ2v) is 6.83. The third-order valence-electron chi connectivity index (χ3n) is 4.98. The fraction of sp³-hybridized carbons (Fsp3) is 0.167. The molecule has 4 aromatic rings. The van der Waals surface area contributed by atoms with E-state index < -0.39 is 0 Å². The number of fused-ring (bicyclic) bond motifs is 1. The van der Waals surface area contributed by atoms with Gasteiger partial charge in [0.1, 0.15) is 0 Å². The molecule has 7 nitrogen and oxygen atoms in total.